The average Bonchev–Trinajstić information content (AvgIpc) is 3.26. The van der Waals surface area contributed by atoms with Crippen molar-refractivity contribution in [1.82, 2.24) is 4.90 Å². The highest BCUT2D eigenvalue weighted by atomic mass is 16.6. The third-order valence-electron chi connectivity index (χ3n) is 8.47. The Morgan fingerprint density at radius 1 is 1.15 bits per heavy atom. The van der Waals surface area contributed by atoms with Gasteiger partial charge in [-0.05, 0) is 44.1 Å². The summed E-state index contributed by atoms with van der Waals surface area (Å²) < 4.78 is 22.0. The molecule has 1 aromatic rings. The molecule has 5 N–H and O–H groups in total. The number of rotatable bonds is 9. The van der Waals surface area contributed by atoms with Crippen LogP contribution in [0.4, 0.5) is 0 Å². The molecular weight excluding hydrogens is 534 g/mol. The maximum absolute atomic E-state index is 12.9. The van der Waals surface area contributed by atoms with Crippen LogP contribution in [0.25, 0.3) is 0 Å². The summed E-state index contributed by atoms with van der Waals surface area (Å²) >= 11 is 0. The van der Waals surface area contributed by atoms with Crippen LogP contribution in [-0.2, 0) is 40.5 Å². The predicted octanol–water partition coefficient (Wildman–Crippen LogP) is -1.29. The molecule has 2 heterocycles. The van der Waals surface area contributed by atoms with Crippen LogP contribution in [0.15, 0.2) is 24.0 Å². The van der Waals surface area contributed by atoms with E-state index in [4.69, 9.17) is 19.3 Å². The first-order valence-corrected chi connectivity index (χ1v) is 12.6. The largest absolute Gasteiger partial charge is 0.493 e. The normalized spacial score (nSPS) is 30.1. The Morgan fingerprint density at radius 2 is 1.88 bits per heavy atom. The van der Waals surface area contributed by atoms with Crippen molar-refractivity contribution in [2.45, 2.75) is 67.2 Å². The number of carboxylic acid groups (broad SMARTS) is 2. The highest BCUT2D eigenvalue weighted by Crippen LogP contribution is 2.65. The van der Waals surface area contributed by atoms with E-state index < -0.39 is 65.7 Å². The quantitative estimate of drug-likeness (QED) is 0.221. The summed E-state index contributed by atoms with van der Waals surface area (Å²) in [5, 5.41) is 49.3. The molecule has 1 spiro atoms. The highest BCUT2D eigenvalue weighted by Gasteiger charge is 2.72. The van der Waals surface area contributed by atoms with Crippen LogP contribution in [0, 0.1) is 0 Å². The van der Waals surface area contributed by atoms with E-state index in [9.17, 15) is 39.6 Å². The first kappa shape index (κ1) is 27.8. The van der Waals surface area contributed by atoms with E-state index in [1.54, 1.807) is 6.07 Å². The van der Waals surface area contributed by atoms with Gasteiger partial charge in [0.1, 0.15) is 5.76 Å². The first-order valence-electron chi connectivity index (χ1n) is 12.6. The molecular formula is C26H29NO13. The molecule has 2 aliphatic carbocycles. The van der Waals surface area contributed by atoms with Crippen LogP contribution in [0.3, 0.4) is 0 Å². The van der Waals surface area contributed by atoms with Crippen molar-refractivity contribution in [1.29, 1.82) is 0 Å². The maximum atomic E-state index is 12.9. The Balaban J connectivity index is 1.41. The summed E-state index contributed by atoms with van der Waals surface area (Å²) in [5.41, 5.74) is -0.451. The molecule has 0 saturated carbocycles. The fourth-order valence-corrected chi connectivity index (χ4v) is 6.57. The van der Waals surface area contributed by atoms with Gasteiger partial charge >= 0.3 is 23.9 Å². The number of likely N-dealkylation sites (N-methyl/N-ethyl adjacent to an activating group) is 1. The number of benzene rings is 1. The second kappa shape index (κ2) is 9.73. The van der Waals surface area contributed by atoms with Crippen molar-refractivity contribution >= 4 is 23.9 Å². The molecule has 40 heavy (non-hydrogen) atoms. The number of aliphatic carboxylic acids is 2. The van der Waals surface area contributed by atoms with Gasteiger partial charge in [-0.1, -0.05) is 6.07 Å². The SMILES string of the molecule is COc1ccc2c3c1O[C@H]1C(OC(=O)C[C@H](OC(=O)[C@H](O)[C@@H](O)C(=O)O)C(=O)O)=CC[C@@]4(O)[C@H](C2)N(C)CC[C@]314. The molecule has 0 radical (unpaired) electrons. The van der Waals surface area contributed by atoms with E-state index in [0.717, 1.165) is 11.1 Å². The minimum absolute atomic E-state index is 0.0564. The van der Waals surface area contributed by atoms with Gasteiger partial charge in [0.15, 0.2) is 29.8 Å². The third-order valence-corrected chi connectivity index (χ3v) is 8.47. The second-order valence-corrected chi connectivity index (χ2v) is 10.5. The number of methoxy groups -OCH3 is 1. The number of ether oxygens (including phenoxy) is 4. The number of carbonyl (C=O) groups is 4. The first-order chi connectivity index (χ1) is 18.9. The fraction of sp³-hybridized carbons (Fsp3) is 0.538. The Morgan fingerprint density at radius 3 is 2.52 bits per heavy atom. The van der Waals surface area contributed by atoms with E-state index in [1.165, 1.54) is 13.2 Å². The van der Waals surface area contributed by atoms with Crippen molar-refractivity contribution in [3.8, 4) is 11.5 Å². The van der Waals surface area contributed by atoms with E-state index in [2.05, 4.69) is 9.64 Å². The van der Waals surface area contributed by atoms with Gasteiger partial charge in [-0.25, -0.2) is 14.4 Å². The Hall–Kier alpha value is -3.72. The molecule has 0 unspecified atom stereocenters. The second-order valence-electron chi connectivity index (χ2n) is 10.5. The van der Waals surface area contributed by atoms with Gasteiger partial charge in [0.2, 0.25) is 6.10 Å². The topological polar surface area (TPSA) is 210 Å². The Kier molecular flexibility index (Phi) is 6.77. The monoisotopic (exact) mass is 563 g/mol. The molecule has 0 amide bonds. The van der Waals surface area contributed by atoms with Crippen molar-refractivity contribution in [2.24, 2.45) is 0 Å². The van der Waals surface area contributed by atoms with E-state index in [-0.39, 0.29) is 18.2 Å². The van der Waals surface area contributed by atoms with Crippen molar-refractivity contribution < 1.29 is 63.7 Å². The molecule has 4 aliphatic rings. The third kappa shape index (κ3) is 3.93. The zero-order valence-electron chi connectivity index (χ0n) is 21.6. The minimum atomic E-state index is -2.58. The van der Waals surface area contributed by atoms with E-state index >= 15 is 0 Å². The molecule has 2 aliphatic heterocycles. The number of carboxylic acids is 2. The lowest BCUT2D eigenvalue weighted by Crippen LogP contribution is -2.74. The lowest BCUT2D eigenvalue weighted by Gasteiger charge is -2.61. The standard InChI is InChI=1S/C26H29NO13/c1-27-8-7-25-17-11-3-4-12(37-2)20(17)40-21(25)13(5-6-26(25,36)15(27)9-11)38-16(28)10-14(22(31)32)39-24(35)19(30)18(29)23(33)34/h3-5,14-15,18-19,21,29-30,36H,6-10H2,1-2H3,(H,31,32)(H,33,34)/t14-,15-,18+,19+,21-,25-,26+/m0/s1. The predicted molar refractivity (Wildman–Crippen MR) is 129 cm³/mol. The molecule has 1 aromatic carbocycles. The highest BCUT2D eigenvalue weighted by molar-refractivity contribution is 5.87. The number of aliphatic hydroxyl groups excluding tert-OH is 2. The van der Waals surface area contributed by atoms with Crippen LogP contribution in [0.2, 0.25) is 0 Å². The summed E-state index contributed by atoms with van der Waals surface area (Å²) in [6.07, 6.45) is -6.51. The van der Waals surface area contributed by atoms with Crippen LogP contribution in [-0.4, -0.2) is 111 Å². The number of esters is 2. The summed E-state index contributed by atoms with van der Waals surface area (Å²) in [6, 6.07) is 3.47. The summed E-state index contributed by atoms with van der Waals surface area (Å²) in [5.74, 6) is -5.61. The van der Waals surface area contributed by atoms with Crippen molar-refractivity contribution in [3.05, 3.63) is 35.1 Å². The number of hydrogen-bond acceptors (Lipinski definition) is 12. The number of hydrogen-bond donors (Lipinski definition) is 5. The smallest absolute Gasteiger partial charge is 0.345 e. The van der Waals surface area contributed by atoms with E-state index in [0.29, 0.717) is 30.9 Å². The van der Waals surface area contributed by atoms with Crippen molar-refractivity contribution in [3.63, 3.8) is 0 Å². The van der Waals surface area contributed by atoms with Crippen LogP contribution >= 0.6 is 0 Å². The molecule has 14 nitrogen and oxygen atoms in total. The summed E-state index contributed by atoms with van der Waals surface area (Å²) in [7, 11) is 3.43. The minimum Gasteiger partial charge on any atom is -0.493 e. The van der Waals surface area contributed by atoms with E-state index in [1.807, 2.05) is 13.1 Å². The summed E-state index contributed by atoms with van der Waals surface area (Å²) in [4.78, 5) is 49.4. The van der Waals surface area contributed by atoms with Gasteiger partial charge in [0, 0.05) is 18.0 Å². The molecule has 1 fully saturated rings. The summed E-state index contributed by atoms with van der Waals surface area (Å²) in [6.45, 7) is 0.631. The number of likely N-dealkylation sites (tertiary alicyclic amines) is 1. The number of carbonyl (C=O) groups excluding carboxylic acids is 2. The maximum Gasteiger partial charge on any atom is 0.345 e. The molecule has 0 aromatic heterocycles. The molecule has 2 bridgehead atoms. The number of nitrogens with zero attached hydrogens (tertiary/aromatic N) is 1. The van der Waals surface area contributed by atoms with Gasteiger partial charge in [-0.2, -0.15) is 0 Å². The van der Waals surface area contributed by atoms with Crippen molar-refractivity contribution in [2.75, 3.05) is 20.7 Å². The van der Waals surface area contributed by atoms with Gasteiger partial charge in [0.25, 0.3) is 0 Å². The Bertz CT molecular complexity index is 1310. The lowest BCUT2D eigenvalue weighted by molar-refractivity contribution is -0.181. The molecule has 216 valence electrons. The molecule has 5 rings (SSSR count). The van der Waals surface area contributed by atoms with Gasteiger partial charge in [-0.15, -0.1) is 0 Å². The van der Waals surface area contributed by atoms with Crippen LogP contribution in [0.5, 0.6) is 11.5 Å². The molecule has 1 saturated heterocycles. The fourth-order valence-electron chi connectivity index (χ4n) is 6.57. The zero-order chi connectivity index (χ0) is 29.1. The Labute approximate surface area is 227 Å². The van der Waals surface area contributed by atoms with Gasteiger partial charge < -0.3 is 49.4 Å². The van der Waals surface area contributed by atoms with Gasteiger partial charge in [-0.3, -0.25) is 4.79 Å². The zero-order valence-corrected chi connectivity index (χ0v) is 21.6. The average molecular weight is 564 g/mol. The van der Waals surface area contributed by atoms with Gasteiger partial charge in [0.05, 0.1) is 24.5 Å². The molecule has 14 heteroatoms. The lowest BCUT2D eigenvalue weighted by atomic mass is 9.50. The molecule has 7 atom stereocenters. The van der Waals surface area contributed by atoms with Crippen LogP contribution in [0.1, 0.15) is 30.4 Å². The number of aliphatic hydroxyl groups is 3. The van der Waals surface area contributed by atoms with Crippen LogP contribution < -0.4 is 9.47 Å². The number of piperidine rings is 1.